The van der Waals surface area contributed by atoms with E-state index in [9.17, 15) is 13.2 Å². The van der Waals surface area contributed by atoms with Gasteiger partial charge in [-0.25, -0.2) is 8.42 Å². The highest BCUT2D eigenvalue weighted by molar-refractivity contribution is 7.89. The monoisotopic (exact) mass is 427 g/mol. The molecule has 0 radical (unpaired) electrons. The number of benzene rings is 1. The number of piperidine rings is 1. The first kappa shape index (κ1) is 22.5. The fraction of sp³-hybridized carbons (Fsp3) is 0.556. The molecule has 1 aliphatic rings. The van der Waals surface area contributed by atoms with Crippen molar-refractivity contribution < 1.29 is 13.2 Å². The van der Waals surface area contributed by atoms with Gasteiger partial charge < -0.3 is 10.2 Å². The number of nitrogens with zero attached hydrogens (tertiary/aromatic N) is 2. The van der Waals surface area contributed by atoms with E-state index in [2.05, 4.69) is 21.1 Å². The molecule has 1 saturated heterocycles. The average molecular weight is 428 g/mol. The Bertz CT molecular complexity index is 777. The lowest BCUT2D eigenvalue weighted by Crippen LogP contribution is -2.47. The van der Waals surface area contributed by atoms with Crippen molar-refractivity contribution in [2.75, 3.05) is 40.3 Å². The summed E-state index contributed by atoms with van der Waals surface area (Å²) < 4.78 is 27.0. The number of hydrogen-bond acceptors (Lipinski definition) is 5. The van der Waals surface area contributed by atoms with E-state index < -0.39 is 15.9 Å². The third-order valence-electron chi connectivity index (χ3n) is 4.41. The minimum atomic E-state index is -3.58. The fourth-order valence-electron chi connectivity index (χ4n) is 2.88. The molecule has 0 aliphatic carbocycles. The van der Waals surface area contributed by atoms with Crippen LogP contribution in [0, 0.1) is 0 Å². The Kier molecular flexibility index (Phi) is 8.61. The van der Waals surface area contributed by atoms with Crippen molar-refractivity contribution in [2.24, 2.45) is 0 Å². The average Bonchev–Trinajstić information content (AvgIpc) is 2.70. The summed E-state index contributed by atoms with van der Waals surface area (Å²) in [6, 6.07) is 6.06. The molecule has 0 unspecified atom stereocenters. The number of thiocarbonyl (C=S) groups is 1. The highest BCUT2D eigenvalue weighted by Gasteiger charge is 2.26. The molecule has 10 heteroatoms. The van der Waals surface area contributed by atoms with Crippen molar-refractivity contribution >= 4 is 33.3 Å². The van der Waals surface area contributed by atoms with Gasteiger partial charge in [-0.15, -0.1) is 0 Å². The summed E-state index contributed by atoms with van der Waals surface area (Å²) in [6.07, 6.45) is 3.69. The molecule has 1 fully saturated rings. The van der Waals surface area contributed by atoms with Gasteiger partial charge in [-0.1, -0.05) is 12.5 Å². The van der Waals surface area contributed by atoms with E-state index >= 15 is 0 Å². The van der Waals surface area contributed by atoms with Crippen LogP contribution in [0.4, 0.5) is 0 Å². The third-order valence-corrected chi connectivity index (χ3v) is 6.55. The Morgan fingerprint density at radius 1 is 1.18 bits per heavy atom. The van der Waals surface area contributed by atoms with Crippen molar-refractivity contribution in [3.63, 3.8) is 0 Å². The van der Waals surface area contributed by atoms with E-state index in [1.54, 1.807) is 12.1 Å². The van der Waals surface area contributed by atoms with Gasteiger partial charge in [-0.3, -0.25) is 15.6 Å². The second-order valence-electron chi connectivity index (χ2n) is 6.98. The van der Waals surface area contributed by atoms with E-state index in [0.29, 0.717) is 24.7 Å². The Hall–Kier alpha value is -1.75. The summed E-state index contributed by atoms with van der Waals surface area (Å²) in [5.74, 6) is -0.451. The molecule has 1 amide bonds. The predicted octanol–water partition coefficient (Wildman–Crippen LogP) is 0.922. The molecule has 1 aromatic rings. The molecule has 28 heavy (non-hydrogen) atoms. The predicted molar refractivity (Wildman–Crippen MR) is 113 cm³/mol. The topological polar surface area (TPSA) is 93.8 Å². The van der Waals surface area contributed by atoms with Crippen molar-refractivity contribution in [3.8, 4) is 0 Å². The maximum Gasteiger partial charge on any atom is 0.269 e. The number of amides is 1. The van der Waals surface area contributed by atoms with Crippen LogP contribution in [-0.4, -0.2) is 68.9 Å². The van der Waals surface area contributed by atoms with Crippen LogP contribution < -0.4 is 16.2 Å². The summed E-state index contributed by atoms with van der Waals surface area (Å²) in [7, 11) is 0.412. The van der Waals surface area contributed by atoms with Crippen LogP contribution in [0.15, 0.2) is 29.2 Å². The van der Waals surface area contributed by atoms with Gasteiger partial charge in [0.25, 0.3) is 5.91 Å². The van der Waals surface area contributed by atoms with Gasteiger partial charge in [-0.2, -0.15) is 4.31 Å². The summed E-state index contributed by atoms with van der Waals surface area (Å²) in [6.45, 7) is 2.66. The number of rotatable bonds is 7. The Morgan fingerprint density at radius 3 is 2.57 bits per heavy atom. The SMILES string of the molecule is CN(C)CCCNC(=S)NNC(=O)c1cccc(S(=O)(=O)N2CCCCC2)c1. The van der Waals surface area contributed by atoms with Crippen LogP contribution in [0.25, 0.3) is 0 Å². The van der Waals surface area contributed by atoms with E-state index in [1.807, 2.05) is 14.1 Å². The third kappa shape index (κ3) is 6.69. The summed E-state index contributed by atoms with van der Waals surface area (Å²) >= 11 is 5.12. The van der Waals surface area contributed by atoms with Gasteiger partial charge in [0.2, 0.25) is 10.0 Å². The molecule has 1 aliphatic heterocycles. The van der Waals surface area contributed by atoms with E-state index in [0.717, 1.165) is 32.2 Å². The molecular weight excluding hydrogens is 398 g/mol. The van der Waals surface area contributed by atoms with Gasteiger partial charge in [-0.05, 0) is 70.3 Å². The lowest BCUT2D eigenvalue weighted by molar-refractivity contribution is 0.0943. The van der Waals surface area contributed by atoms with Crippen LogP contribution in [0.1, 0.15) is 36.0 Å². The van der Waals surface area contributed by atoms with Crippen LogP contribution in [0.2, 0.25) is 0 Å². The standard InChI is InChI=1S/C18H29N5O3S2/c1-22(2)11-7-10-19-18(27)21-20-17(24)15-8-6-9-16(14-15)28(25,26)23-12-4-3-5-13-23/h6,8-9,14H,3-5,7,10-13H2,1-2H3,(H,20,24)(H2,19,21,27). The number of hydrogen-bond donors (Lipinski definition) is 3. The summed E-state index contributed by atoms with van der Waals surface area (Å²) in [5, 5.41) is 3.31. The zero-order valence-corrected chi connectivity index (χ0v) is 18.0. The first-order valence-corrected chi connectivity index (χ1v) is 11.2. The second kappa shape index (κ2) is 10.7. The minimum Gasteiger partial charge on any atom is -0.361 e. The molecule has 3 N–H and O–H groups in total. The van der Waals surface area contributed by atoms with Crippen LogP contribution in [-0.2, 0) is 10.0 Å². The van der Waals surface area contributed by atoms with Gasteiger partial charge in [0, 0.05) is 25.2 Å². The van der Waals surface area contributed by atoms with Crippen molar-refractivity contribution in [1.29, 1.82) is 0 Å². The normalized spacial score (nSPS) is 15.2. The van der Waals surface area contributed by atoms with Gasteiger partial charge in [0.05, 0.1) is 4.90 Å². The number of sulfonamides is 1. The highest BCUT2D eigenvalue weighted by Crippen LogP contribution is 2.21. The molecule has 0 atom stereocenters. The molecule has 1 aromatic carbocycles. The van der Waals surface area contributed by atoms with E-state index in [1.165, 1.54) is 16.4 Å². The summed E-state index contributed by atoms with van der Waals surface area (Å²) in [4.78, 5) is 14.6. The zero-order chi connectivity index (χ0) is 20.6. The van der Waals surface area contributed by atoms with Crippen LogP contribution in [0.5, 0.6) is 0 Å². The largest absolute Gasteiger partial charge is 0.361 e. The molecule has 156 valence electrons. The van der Waals surface area contributed by atoms with E-state index in [-0.39, 0.29) is 10.5 Å². The molecule has 2 rings (SSSR count). The van der Waals surface area contributed by atoms with Gasteiger partial charge in [0.1, 0.15) is 0 Å². The maximum absolute atomic E-state index is 12.8. The minimum absolute atomic E-state index is 0.131. The lowest BCUT2D eigenvalue weighted by Gasteiger charge is -2.26. The molecule has 8 nitrogen and oxygen atoms in total. The second-order valence-corrected chi connectivity index (χ2v) is 9.33. The molecule has 0 saturated carbocycles. The number of carbonyl (C=O) groups excluding carboxylic acids is 1. The smallest absolute Gasteiger partial charge is 0.269 e. The quantitative estimate of drug-likeness (QED) is 0.338. The van der Waals surface area contributed by atoms with Crippen LogP contribution >= 0.6 is 12.2 Å². The zero-order valence-electron chi connectivity index (χ0n) is 16.4. The maximum atomic E-state index is 12.8. The summed E-state index contributed by atoms with van der Waals surface area (Å²) in [5.41, 5.74) is 5.38. The Morgan fingerprint density at radius 2 is 1.89 bits per heavy atom. The first-order valence-electron chi connectivity index (χ1n) is 9.40. The molecule has 0 spiro atoms. The number of nitrogens with one attached hydrogen (secondary N) is 3. The molecule has 0 bridgehead atoms. The Balaban J connectivity index is 1.90. The van der Waals surface area contributed by atoms with Gasteiger partial charge in [0.15, 0.2) is 5.11 Å². The number of hydrazine groups is 1. The molecule has 1 heterocycles. The van der Waals surface area contributed by atoms with Crippen molar-refractivity contribution in [2.45, 2.75) is 30.6 Å². The highest BCUT2D eigenvalue weighted by atomic mass is 32.2. The van der Waals surface area contributed by atoms with Crippen molar-refractivity contribution in [1.82, 2.24) is 25.4 Å². The fourth-order valence-corrected chi connectivity index (χ4v) is 4.60. The number of carbonyl (C=O) groups is 1. The lowest BCUT2D eigenvalue weighted by atomic mass is 10.2. The molecular formula is C18H29N5O3S2. The Labute approximate surface area is 172 Å². The van der Waals surface area contributed by atoms with E-state index in [4.69, 9.17) is 12.2 Å². The van der Waals surface area contributed by atoms with Gasteiger partial charge >= 0.3 is 0 Å². The van der Waals surface area contributed by atoms with Crippen LogP contribution in [0.3, 0.4) is 0 Å². The molecule has 0 aromatic heterocycles. The van der Waals surface area contributed by atoms with Crippen molar-refractivity contribution in [3.05, 3.63) is 29.8 Å². The first-order chi connectivity index (χ1) is 13.3.